The van der Waals surface area contributed by atoms with Crippen LogP contribution in [0.1, 0.15) is 50.9 Å². The van der Waals surface area contributed by atoms with Crippen LogP contribution in [0.3, 0.4) is 0 Å². The van der Waals surface area contributed by atoms with Crippen LogP contribution in [0.4, 0.5) is 5.00 Å². The number of methoxy groups -OCH3 is 1. The number of carbonyl (C=O) groups is 2. The van der Waals surface area contributed by atoms with Crippen molar-refractivity contribution in [3.63, 3.8) is 0 Å². The van der Waals surface area contributed by atoms with Crippen molar-refractivity contribution in [2.45, 2.75) is 32.6 Å². The molecule has 1 N–H and O–H groups in total. The van der Waals surface area contributed by atoms with Gasteiger partial charge in [0.2, 0.25) is 0 Å². The zero-order chi connectivity index (χ0) is 22.9. The van der Waals surface area contributed by atoms with Crippen LogP contribution in [0.2, 0.25) is 0 Å². The Bertz CT molecular complexity index is 1340. The van der Waals surface area contributed by atoms with Crippen LogP contribution in [0.25, 0.3) is 21.5 Å². The summed E-state index contributed by atoms with van der Waals surface area (Å²) in [4.78, 5) is 33.2. The minimum Gasteiger partial charge on any atom is -0.465 e. The van der Waals surface area contributed by atoms with Crippen molar-refractivity contribution in [2.24, 2.45) is 5.92 Å². The van der Waals surface area contributed by atoms with Crippen molar-refractivity contribution in [3.8, 4) is 10.6 Å². The van der Waals surface area contributed by atoms with Gasteiger partial charge in [0, 0.05) is 10.3 Å². The molecule has 5 nitrogen and oxygen atoms in total. The van der Waals surface area contributed by atoms with Gasteiger partial charge in [-0.2, -0.15) is 0 Å². The van der Waals surface area contributed by atoms with Crippen molar-refractivity contribution in [3.05, 3.63) is 69.4 Å². The first kappa shape index (κ1) is 21.8. The van der Waals surface area contributed by atoms with E-state index in [2.05, 4.69) is 12.2 Å². The molecule has 0 spiro atoms. The summed E-state index contributed by atoms with van der Waals surface area (Å²) >= 11 is 3.09. The third kappa shape index (κ3) is 4.07. The molecule has 0 radical (unpaired) electrons. The molecule has 0 fully saturated rings. The second kappa shape index (κ2) is 9.08. The van der Waals surface area contributed by atoms with Gasteiger partial charge in [0.1, 0.15) is 5.00 Å². The lowest BCUT2D eigenvalue weighted by atomic mass is 9.85. The Morgan fingerprint density at radius 2 is 2.06 bits per heavy atom. The summed E-state index contributed by atoms with van der Waals surface area (Å²) in [6.45, 7) is 2.20. The van der Waals surface area contributed by atoms with Crippen molar-refractivity contribution in [1.82, 2.24) is 4.98 Å². The highest BCUT2D eigenvalue weighted by atomic mass is 32.1. The van der Waals surface area contributed by atoms with Gasteiger partial charge in [0.25, 0.3) is 5.91 Å². The monoisotopic (exact) mass is 476 g/mol. The first-order valence-electron chi connectivity index (χ1n) is 11.1. The molecular weight excluding hydrogens is 452 g/mol. The number of hydrogen-bond acceptors (Lipinski definition) is 6. The minimum absolute atomic E-state index is 0.248. The zero-order valence-corrected chi connectivity index (χ0v) is 20.1. The van der Waals surface area contributed by atoms with Gasteiger partial charge in [0.15, 0.2) is 0 Å². The Balaban J connectivity index is 1.57. The molecule has 1 aliphatic carbocycles. The number of benzene rings is 1. The molecule has 4 aromatic rings. The number of hydrogen-bond donors (Lipinski definition) is 1. The summed E-state index contributed by atoms with van der Waals surface area (Å²) in [5.41, 5.74) is 3.61. The number of carbonyl (C=O) groups excluding carboxylic acids is 2. The molecule has 1 amide bonds. The van der Waals surface area contributed by atoms with Gasteiger partial charge in [-0.1, -0.05) is 37.6 Å². The predicted molar refractivity (Wildman–Crippen MR) is 134 cm³/mol. The molecule has 1 aliphatic rings. The van der Waals surface area contributed by atoms with Gasteiger partial charge in [-0.05, 0) is 54.3 Å². The number of rotatable bonds is 5. The third-order valence-corrected chi connectivity index (χ3v) is 8.36. The summed E-state index contributed by atoms with van der Waals surface area (Å²) < 4.78 is 5.09. The van der Waals surface area contributed by atoms with Gasteiger partial charge in [0.05, 0.1) is 34.3 Å². The van der Waals surface area contributed by atoms with Crippen LogP contribution in [0.5, 0.6) is 0 Å². The van der Waals surface area contributed by atoms with Gasteiger partial charge < -0.3 is 10.1 Å². The van der Waals surface area contributed by atoms with Crippen LogP contribution in [0, 0.1) is 5.92 Å². The van der Waals surface area contributed by atoms with Gasteiger partial charge in [-0.25, -0.2) is 9.78 Å². The average Bonchev–Trinajstić information content (AvgIpc) is 3.50. The maximum absolute atomic E-state index is 13.6. The van der Waals surface area contributed by atoms with E-state index in [1.165, 1.54) is 23.3 Å². The molecule has 3 aromatic heterocycles. The molecule has 0 aliphatic heterocycles. The molecule has 0 saturated carbocycles. The molecule has 1 atom stereocenters. The fourth-order valence-electron chi connectivity index (χ4n) is 4.49. The molecule has 1 aromatic carbocycles. The van der Waals surface area contributed by atoms with Crippen LogP contribution >= 0.6 is 22.7 Å². The smallest absolute Gasteiger partial charge is 0.341 e. The highest BCUT2D eigenvalue weighted by molar-refractivity contribution is 7.17. The second-order valence-corrected chi connectivity index (χ2v) is 10.3. The predicted octanol–water partition coefficient (Wildman–Crippen LogP) is 6.58. The Labute approximate surface area is 200 Å². The average molecular weight is 477 g/mol. The normalized spacial score (nSPS) is 15.3. The molecule has 33 heavy (non-hydrogen) atoms. The van der Waals surface area contributed by atoms with Gasteiger partial charge >= 0.3 is 5.97 Å². The van der Waals surface area contributed by atoms with E-state index in [-0.39, 0.29) is 5.91 Å². The SMILES string of the molecule is CCC1CCc2c(sc(NC(=O)c3cc(-c4cccs4)nc4ccccc34)c2C(=O)OC)C1. The molecule has 0 bridgehead atoms. The number of ether oxygens (including phenoxy) is 1. The molecule has 5 rings (SSSR count). The van der Waals surface area contributed by atoms with E-state index in [0.717, 1.165) is 52.7 Å². The summed E-state index contributed by atoms with van der Waals surface area (Å²) in [6.07, 6.45) is 3.94. The number of pyridine rings is 1. The Hall–Kier alpha value is -3.03. The van der Waals surface area contributed by atoms with E-state index in [1.807, 2.05) is 47.8 Å². The summed E-state index contributed by atoms with van der Waals surface area (Å²) in [6, 6.07) is 13.4. The van der Waals surface area contributed by atoms with E-state index in [4.69, 9.17) is 9.72 Å². The minimum atomic E-state index is -0.392. The van der Waals surface area contributed by atoms with Crippen LogP contribution in [-0.2, 0) is 17.6 Å². The molecular formula is C26H24N2O3S2. The van der Waals surface area contributed by atoms with Gasteiger partial charge in [-0.3, -0.25) is 4.79 Å². The summed E-state index contributed by atoms with van der Waals surface area (Å²) in [7, 11) is 1.39. The maximum atomic E-state index is 13.6. The molecule has 3 heterocycles. The van der Waals surface area contributed by atoms with E-state index < -0.39 is 5.97 Å². The molecule has 168 valence electrons. The van der Waals surface area contributed by atoms with Gasteiger partial charge in [-0.15, -0.1) is 22.7 Å². The number of esters is 1. The van der Waals surface area contributed by atoms with Crippen LogP contribution in [0.15, 0.2) is 47.8 Å². The highest BCUT2D eigenvalue weighted by Gasteiger charge is 2.30. The fourth-order valence-corrected chi connectivity index (χ4v) is 6.52. The fraction of sp³-hybridized carbons (Fsp3) is 0.269. The standard InChI is InChI=1S/C26H24N2O3S2/c1-3-15-10-11-17-22(13-15)33-25(23(17)26(30)31-2)28-24(29)18-14-20(21-9-6-12-32-21)27-19-8-5-4-7-16(18)19/h4-9,12,14-15H,3,10-11,13H2,1-2H3,(H,28,29). The van der Waals surface area contributed by atoms with Crippen molar-refractivity contribution in [1.29, 1.82) is 0 Å². The number of anilines is 1. The van der Waals surface area contributed by atoms with E-state index in [9.17, 15) is 9.59 Å². The molecule has 1 unspecified atom stereocenters. The van der Waals surface area contributed by atoms with Crippen LogP contribution < -0.4 is 5.32 Å². The van der Waals surface area contributed by atoms with Crippen LogP contribution in [-0.4, -0.2) is 24.0 Å². The lowest BCUT2D eigenvalue weighted by Crippen LogP contribution is -2.17. The first-order valence-corrected chi connectivity index (χ1v) is 12.8. The number of nitrogens with one attached hydrogen (secondary N) is 1. The number of nitrogens with zero attached hydrogens (tertiary/aromatic N) is 1. The largest absolute Gasteiger partial charge is 0.465 e. The number of para-hydroxylation sites is 1. The van der Waals surface area contributed by atoms with Crippen molar-refractivity contribution >= 4 is 50.5 Å². The maximum Gasteiger partial charge on any atom is 0.341 e. The van der Waals surface area contributed by atoms with E-state index in [1.54, 1.807) is 11.3 Å². The summed E-state index contributed by atoms with van der Waals surface area (Å²) in [5.74, 6) is -0.0264. The van der Waals surface area contributed by atoms with E-state index >= 15 is 0 Å². The van der Waals surface area contributed by atoms with E-state index in [0.29, 0.717) is 22.0 Å². The topological polar surface area (TPSA) is 68.3 Å². The number of thiophene rings is 2. The Kier molecular flexibility index (Phi) is 6.00. The highest BCUT2D eigenvalue weighted by Crippen LogP contribution is 2.41. The number of aromatic nitrogens is 1. The molecule has 7 heteroatoms. The lowest BCUT2D eigenvalue weighted by Gasteiger charge is -2.20. The van der Waals surface area contributed by atoms with Crippen molar-refractivity contribution < 1.29 is 14.3 Å². The number of amides is 1. The van der Waals surface area contributed by atoms with Crippen molar-refractivity contribution in [2.75, 3.05) is 12.4 Å². The quantitative estimate of drug-likeness (QED) is 0.330. The Morgan fingerprint density at radius 3 is 2.82 bits per heavy atom. The second-order valence-electron chi connectivity index (χ2n) is 8.22. The third-order valence-electron chi connectivity index (χ3n) is 6.30. The lowest BCUT2D eigenvalue weighted by molar-refractivity contribution is 0.0601. The molecule has 0 saturated heterocycles. The summed E-state index contributed by atoms with van der Waals surface area (Å²) in [5, 5.41) is 6.40. The number of fused-ring (bicyclic) bond motifs is 2. The zero-order valence-electron chi connectivity index (χ0n) is 18.5. The Morgan fingerprint density at radius 1 is 1.21 bits per heavy atom. The first-order chi connectivity index (χ1) is 16.1.